The molecule has 0 N–H and O–H groups in total. The number of anilines is 1. The third-order valence-corrected chi connectivity index (χ3v) is 3.03. The van der Waals surface area contributed by atoms with Crippen LogP contribution in [0.5, 0.6) is 0 Å². The first-order valence-electron chi connectivity index (χ1n) is 5.39. The predicted molar refractivity (Wildman–Crippen MR) is 61.9 cm³/mol. The Morgan fingerprint density at radius 3 is 2.71 bits per heavy atom. The third kappa shape index (κ3) is 3.62. The first kappa shape index (κ1) is 11.4. The van der Waals surface area contributed by atoms with Gasteiger partial charge in [0.15, 0.2) is 0 Å². The average molecular weight is 213 g/mol. The zero-order chi connectivity index (χ0) is 10.2. The van der Waals surface area contributed by atoms with Gasteiger partial charge in [0.2, 0.25) is 5.13 Å². The maximum atomic E-state index is 4.08. The molecule has 1 aromatic rings. The van der Waals surface area contributed by atoms with Crippen molar-refractivity contribution in [3.8, 4) is 0 Å². The molecule has 0 saturated carbocycles. The molecule has 0 aromatic carbocycles. The van der Waals surface area contributed by atoms with Gasteiger partial charge in [0.25, 0.3) is 0 Å². The molecule has 4 heteroatoms. The van der Waals surface area contributed by atoms with Crippen LogP contribution < -0.4 is 4.90 Å². The standard InChI is InChI=1S/C10H19N3S/c1-3-5-6-7-8-13(4-2)10-12-11-9-14-10/h9H,3-8H2,1-2H3. The topological polar surface area (TPSA) is 29.0 Å². The van der Waals surface area contributed by atoms with Crippen LogP contribution in [0.25, 0.3) is 0 Å². The Morgan fingerprint density at radius 1 is 1.29 bits per heavy atom. The molecule has 1 heterocycles. The fraction of sp³-hybridized carbons (Fsp3) is 0.800. The summed E-state index contributed by atoms with van der Waals surface area (Å²) in [6, 6.07) is 0. The molecule has 0 aliphatic heterocycles. The van der Waals surface area contributed by atoms with Crippen molar-refractivity contribution in [1.29, 1.82) is 0 Å². The number of hydrogen-bond acceptors (Lipinski definition) is 4. The molecule has 0 amide bonds. The van der Waals surface area contributed by atoms with Crippen molar-refractivity contribution in [2.45, 2.75) is 39.5 Å². The minimum atomic E-state index is 1.03. The zero-order valence-electron chi connectivity index (χ0n) is 9.07. The highest BCUT2D eigenvalue weighted by Gasteiger charge is 2.06. The van der Waals surface area contributed by atoms with Crippen LogP contribution in [-0.4, -0.2) is 23.3 Å². The van der Waals surface area contributed by atoms with E-state index in [1.165, 1.54) is 25.7 Å². The van der Waals surface area contributed by atoms with Crippen LogP contribution in [0.4, 0.5) is 5.13 Å². The van der Waals surface area contributed by atoms with Gasteiger partial charge in [0.05, 0.1) is 0 Å². The second-order valence-corrected chi connectivity index (χ2v) is 4.17. The van der Waals surface area contributed by atoms with Crippen LogP contribution in [0.1, 0.15) is 39.5 Å². The number of aromatic nitrogens is 2. The van der Waals surface area contributed by atoms with Gasteiger partial charge >= 0.3 is 0 Å². The Kier molecular flexibility index (Phi) is 5.52. The van der Waals surface area contributed by atoms with Crippen molar-refractivity contribution in [2.24, 2.45) is 0 Å². The normalized spacial score (nSPS) is 10.4. The Balaban J connectivity index is 2.26. The van der Waals surface area contributed by atoms with Crippen LogP contribution in [0.15, 0.2) is 5.51 Å². The van der Waals surface area contributed by atoms with Crippen molar-refractivity contribution < 1.29 is 0 Å². The first-order chi connectivity index (χ1) is 6.88. The highest BCUT2D eigenvalue weighted by Crippen LogP contribution is 2.16. The van der Waals surface area contributed by atoms with E-state index in [1.807, 2.05) is 0 Å². The van der Waals surface area contributed by atoms with Crippen LogP contribution in [-0.2, 0) is 0 Å². The maximum absolute atomic E-state index is 4.08. The smallest absolute Gasteiger partial charge is 0.208 e. The van der Waals surface area contributed by atoms with Gasteiger partial charge in [-0.3, -0.25) is 0 Å². The molecule has 14 heavy (non-hydrogen) atoms. The van der Waals surface area contributed by atoms with E-state index in [2.05, 4.69) is 28.9 Å². The molecule has 0 aliphatic carbocycles. The molecule has 0 radical (unpaired) electrons. The summed E-state index contributed by atoms with van der Waals surface area (Å²) < 4.78 is 0. The van der Waals surface area contributed by atoms with Gasteiger partial charge in [-0.15, -0.1) is 10.2 Å². The van der Waals surface area contributed by atoms with Gasteiger partial charge in [0, 0.05) is 13.1 Å². The van der Waals surface area contributed by atoms with Crippen molar-refractivity contribution in [2.75, 3.05) is 18.0 Å². The molecule has 0 fully saturated rings. The van der Waals surface area contributed by atoms with Crippen LogP contribution in [0.2, 0.25) is 0 Å². The number of nitrogens with zero attached hydrogens (tertiary/aromatic N) is 3. The van der Waals surface area contributed by atoms with Gasteiger partial charge in [0.1, 0.15) is 5.51 Å². The first-order valence-corrected chi connectivity index (χ1v) is 6.27. The number of rotatable bonds is 7. The average Bonchev–Trinajstić information content (AvgIpc) is 2.71. The molecule has 0 spiro atoms. The Hall–Kier alpha value is -0.640. The second-order valence-electron chi connectivity index (χ2n) is 3.36. The van der Waals surface area contributed by atoms with Crippen molar-refractivity contribution in [3.05, 3.63) is 5.51 Å². The van der Waals surface area contributed by atoms with E-state index in [4.69, 9.17) is 0 Å². The van der Waals surface area contributed by atoms with E-state index >= 15 is 0 Å². The van der Waals surface area contributed by atoms with Gasteiger partial charge in [-0.25, -0.2) is 0 Å². The Morgan fingerprint density at radius 2 is 2.14 bits per heavy atom. The highest BCUT2D eigenvalue weighted by atomic mass is 32.1. The quantitative estimate of drug-likeness (QED) is 0.652. The fourth-order valence-electron chi connectivity index (χ4n) is 1.42. The molecule has 1 aromatic heterocycles. The number of hydrogen-bond donors (Lipinski definition) is 0. The molecule has 0 bridgehead atoms. The largest absolute Gasteiger partial charge is 0.347 e. The third-order valence-electron chi connectivity index (χ3n) is 2.28. The van der Waals surface area contributed by atoms with E-state index in [9.17, 15) is 0 Å². The zero-order valence-corrected chi connectivity index (χ0v) is 9.89. The van der Waals surface area contributed by atoms with E-state index < -0.39 is 0 Å². The SMILES string of the molecule is CCCCCCN(CC)c1nncs1. The summed E-state index contributed by atoms with van der Waals surface area (Å²) in [5, 5.41) is 9.00. The lowest BCUT2D eigenvalue weighted by Gasteiger charge is -2.18. The summed E-state index contributed by atoms with van der Waals surface area (Å²) in [4.78, 5) is 2.30. The molecule has 0 unspecified atom stereocenters. The minimum Gasteiger partial charge on any atom is -0.347 e. The molecule has 0 saturated heterocycles. The van der Waals surface area contributed by atoms with Crippen molar-refractivity contribution >= 4 is 16.5 Å². The molecule has 0 atom stereocenters. The van der Waals surface area contributed by atoms with Crippen LogP contribution in [0, 0.1) is 0 Å². The molecular weight excluding hydrogens is 194 g/mol. The summed E-state index contributed by atoms with van der Waals surface area (Å²) in [6.07, 6.45) is 5.23. The summed E-state index contributed by atoms with van der Waals surface area (Å²) in [6.45, 7) is 6.55. The van der Waals surface area contributed by atoms with E-state index in [0.717, 1.165) is 18.2 Å². The van der Waals surface area contributed by atoms with Crippen LogP contribution >= 0.6 is 11.3 Å². The molecule has 1 rings (SSSR count). The van der Waals surface area contributed by atoms with Gasteiger partial charge in [-0.1, -0.05) is 37.5 Å². The lowest BCUT2D eigenvalue weighted by molar-refractivity contribution is 0.647. The lowest BCUT2D eigenvalue weighted by Crippen LogP contribution is -2.23. The van der Waals surface area contributed by atoms with Crippen molar-refractivity contribution in [3.63, 3.8) is 0 Å². The van der Waals surface area contributed by atoms with Gasteiger partial charge in [-0.2, -0.15) is 0 Å². The summed E-state index contributed by atoms with van der Waals surface area (Å²) in [5.74, 6) is 0. The van der Waals surface area contributed by atoms with Crippen LogP contribution in [0.3, 0.4) is 0 Å². The van der Waals surface area contributed by atoms with E-state index in [0.29, 0.717) is 0 Å². The van der Waals surface area contributed by atoms with Crippen molar-refractivity contribution in [1.82, 2.24) is 10.2 Å². The second kappa shape index (κ2) is 6.76. The molecular formula is C10H19N3S. The Bertz CT molecular complexity index is 223. The summed E-state index contributed by atoms with van der Waals surface area (Å²) in [5.41, 5.74) is 1.80. The minimum absolute atomic E-state index is 1.03. The lowest BCUT2D eigenvalue weighted by atomic mass is 10.2. The monoisotopic (exact) mass is 213 g/mol. The predicted octanol–water partition coefficient (Wildman–Crippen LogP) is 2.94. The van der Waals surface area contributed by atoms with E-state index in [1.54, 1.807) is 16.8 Å². The number of unbranched alkanes of at least 4 members (excludes halogenated alkanes) is 3. The molecule has 3 nitrogen and oxygen atoms in total. The Labute approximate surface area is 90.2 Å². The summed E-state index contributed by atoms with van der Waals surface area (Å²) >= 11 is 1.62. The summed E-state index contributed by atoms with van der Waals surface area (Å²) in [7, 11) is 0. The maximum Gasteiger partial charge on any atom is 0.208 e. The van der Waals surface area contributed by atoms with Gasteiger partial charge in [-0.05, 0) is 13.3 Å². The van der Waals surface area contributed by atoms with Gasteiger partial charge < -0.3 is 4.90 Å². The fourth-order valence-corrected chi connectivity index (χ4v) is 2.08. The molecule has 80 valence electrons. The molecule has 0 aliphatic rings. The van der Waals surface area contributed by atoms with E-state index in [-0.39, 0.29) is 0 Å². The highest BCUT2D eigenvalue weighted by molar-refractivity contribution is 7.13.